The summed E-state index contributed by atoms with van der Waals surface area (Å²) in [5, 5.41) is 8.68. The molecule has 0 saturated heterocycles. The first-order valence-electron chi connectivity index (χ1n) is 4.09. The van der Waals surface area contributed by atoms with Crippen LogP contribution in [0, 0.1) is 0 Å². The lowest BCUT2D eigenvalue weighted by Crippen LogP contribution is -2.03. The largest absolute Gasteiger partial charge is 0.508 e. The van der Waals surface area contributed by atoms with Crippen LogP contribution in [0.5, 0.6) is 5.75 Å². The van der Waals surface area contributed by atoms with E-state index in [-0.39, 0.29) is 5.75 Å². The maximum absolute atomic E-state index is 11.9. The summed E-state index contributed by atoms with van der Waals surface area (Å²) in [7, 11) is -2.22. The van der Waals surface area contributed by atoms with E-state index in [4.69, 9.17) is 14.9 Å². The van der Waals surface area contributed by atoms with Gasteiger partial charge in [0.2, 0.25) is 0 Å². The molecule has 0 aliphatic heterocycles. The highest BCUT2D eigenvalue weighted by Gasteiger charge is 2.30. The molecule has 1 aromatic rings. The van der Waals surface area contributed by atoms with Crippen LogP contribution in [-0.4, -0.2) is 14.9 Å². The first-order valence-corrected chi connectivity index (χ1v) is 5.25. The van der Waals surface area contributed by atoms with Crippen LogP contribution in [0.15, 0.2) is 37.1 Å². The van der Waals surface area contributed by atoms with Gasteiger partial charge >= 0.3 is 14.8 Å². The van der Waals surface area contributed by atoms with Crippen molar-refractivity contribution in [3.8, 4) is 5.75 Å². The van der Waals surface area contributed by atoms with Gasteiger partial charge in [-0.25, -0.2) is 0 Å². The van der Waals surface area contributed by atoms with Crippen LogP contribution in [-0.2, 0) is 10.7 Å². The molecule has 0 fully saturated rings. The topological polar surface area (TPSA) is 69.9 Å². The van der Waals surface area contributed by atoms with E-state index in [2.05, 4.69) is 11.1 Å². The standard InChI is InChI=1S/C7H5F3O.C2H5O3P/c8-7(9,10)5-2-1-3-6(11)4-5;1-2-5-6(3)4/h1-4,11H;2-4H,1H2. The number of phenolic OH excluding ortho intramolecular Hbond substituents is 1. The van der Waals surface area contributed by atoms with Crippen LogP contribution in [0.1, 0.15) is 5.56 Å². The molecule has 0 spiro atoms. The third kappa shape index (κ3) is 7.57. The summed E-state index contributed by atoms with van der Waals surface area (Å²) >= 11 is 0. The van der Waals surface area contributed by atoms with Gasteiger partial charge in [0.1, 0.15) is 5.75 Å². The molecule has 0 saturated carbocycles. The summed E-state index contributed by atoms with van der Waals surface area (Å²) < 4.78 is 39.6. The Balaban J connectivity index is 0.000000366. The average molecular weight is 270 g/mol. The Morgan fingerprint density at radius 3 is 2.12 bits per heavy atom. The second kappa shape index (κ2) is 7.11. The lowest BCUT2D eigenvalue weighted by Gasteiger charge is -2.05. The van der Waals surface area contributed by atoms with Crippen molar-refractivity contribution < 1.29 is 32.6 Å². The van der Waals surface area contributed by atoms with Crippen molar-refractivity contribution in [1.82, 2.24) is 0 Å². The zero-order valence-corrected chi connectivity index (χ0v) is 9.32. The lowest BCUT2D eigenvalue weighted by molar-refractivity contribution is -0.137. The number of hydrogen-bond donors (Lipinski definition) is 3. The molecule has 1 aromatic carbocycles. The molecule has 0 atom stereocenters. The molecular formula is C9H10F3O4P. The monoisotopic (exact) mass is 270 g/mol. The van der Waals surface area contributed by atoms with Crippen LogP contribution < -0.4 is 0 Å². The highest BCUT2D eigenvalue weighted by molar-refractivity contribution is 7.39. The second-order valence-electron chi connectivity index (χ2n) is 2.57. The van der Waals surface area contributed by atoms with E-state index in [0.717, 1.165) is 18.4 Å². The molecule has 0 heterocycles. The Hall–Kier alpha value is -1.30. The Bertz CT molecular complexity index is 354. The fraction of sp³-hybridized carbons (Fsp3) is 0.111. The quantitative estimate of drug-likeness (QED) is 0.571. The van der Waals surface area contributed by atoms with Crippen molar-refractivity contribution in [2.24, 2.45) is 0 Å². The predicted molar refractivity (Wildman–Crippen MR) is 55.7 cm³/mol. The van der Waals surface area contributed by atoms with Crippen molar-refractivity contribution in [3.05, 3.63) is 42.7 Å². The van der Waals surface area contributed by atoms with Crippen LogP contribution in [0.3, 0.4) is 0 Å². The van der Waals surface area contributed by atoms with Crippen molar-refractivity contribution >= 4 is 8.60 Å². The van der Waals surface area contributed by atoms with Crippen LogP contribution in [0.2, 0.25) is 0 Å². The van der Waals surface area contributed by atoms with E-state index in [9.17, 15) is 13.2 Å². The van der Waals surface area contributed by atoms with Gasteiger partial charge in [0.25, 0.3) is 0 Å². The summed E-state index contributed by atoms with van der Waals surface area (Å²) in [5.74, 6) is -0.375. The van der Waals surface area contributed by atoms with E-state index < -0.39 is 20.3 Å². The second-order valence-corrected chi connectivity index (χ2v) is 3.29. The van der Waals surface area contributed by atoms with Gasteiger partial charge in [0.15, 0.2) is 0 Å². The number of rotatable bonds is 2. The maximum Gasteiger partial charge on any atom is 0.416 e. The van der Waals surface area contributed by atoms with Crippen molar-refractivity contribution in [3.63, 3.8) is 0 Å². The zero-order chi connectivity index (χ0) is 13.5. The Labute approximate surface area is 96.6 Å². The summed E-state index contributed by atoms with van der Waals surface area (Å²) in [4.78, 5) is 15.8. The minimum Gasteiger partial charge on any atom is -0.508 e. The van der Waals surface area contributed by atoms with Gasteiger partial charge in [-0.3, -0.25) is 0 Å². The number of alkyl halides is 3. The average Bonchev–Trinajstić information content (AvgIpc) is 2.17. The smallest absolute Gasteiger partial charge is 0.416 e. The molecule has 0 unspecified atom stereocenters. The van der Waals surface area contributed by atoms with Crippen molar-refractivity contribution in [2.45, 2.75) is 6.18 Å². The molecule has 96 valence electrons. The Morgan fingerprint density at radius 1 is 1.29 bits per heavy atom. The molecule has 0 aliphatic rings. The Morgan fingerprint density at radius 2 is 1.88 bits per heavy atom. The Kier molecular flexibility index (Phi) is 6.57. The molecule has 4 nitrogen and oxygen atoms in total. The number of hydrogen-bond acceptors (Lipinski definition) is 4. The first kappa shape index (κ1) is 15.7. The van der Waals surface area contributed by atoms with Crippen LogP contribution in [0.25, 0.3) is 0 Å². The predicted octanol–water partition coefficient (Wildman–Crippen LogP) is 2.77. The number of halogens is 3. The molecule has 0 aromatic heterocycles. The third-order valence-corrected chi connectivity index (χ3v) is 1.68. The minimum atomic E-state index is -4.38. The number of phenols is 1. The molecule has 0 radical (unpaired) electrons. The molecule has 3 N–H and O–H groups in total. The summed E-state index contributed by atoms with van der Waals surface area (Å²) in [6.45, 7) is 3.07. The van der Waals surface area contributed by atoms with E-state index in [1.54, 1.807) is 0 Å². The van der Waals surface area contributed by atoms with Gasteiger partial charge in [0.05, 0.1) is 11.8 Å². The first-order chi connectivity index (χ1) is 7.77. The summed E-state index contributed by atoms with van der Waals surface area (Å²) in [5.41, 5.74) is -0.836. The highest BCUT2D eigenvalue weighted by Crippen LogP contribution is 2.30. The lowest BCUT2D eigenvalue weighted by atomic mass is 10.2. The van der Waals surface area contributed by atoms with Gasteiger partial charge in [0, 0.05) is 0 Å². The van der Waals surface area contributed by atoms with Crippen molar-refractivity contribution in [2.75, 3.05) is 0 Å². The third-order valence-electron chi connectivity index (χ3n) is 1.34. The van der Waals surface area contributed by atoms with Crippen LogP contribution in [0.4, 0.5) is 13.2 Å². The van der Waals surface area contributed by atoms with Gasteiger partial charge < -0.3 is 19.4 Å². The highest BCUT2D eigenvalue weighted by atomic mass is 31.2. The SMILES string of the molecule is C=COP(O)O.Oc1cccc(C(F)(F)F)c1. The maximum atomic E-state index is 11.9. The minimum absolute atomic E-state index is 0.375. The fourth-order valence-electron chi connectivity index (χ4n) is 0.749. The van der Waals surface area contributed by atoms with Gasteiger partial charge in [-0.15, -0.1) is 0 Å². The van der Waals surface area contributed by atoms with E-state index in [1.807, 2.05) is 0 Å². The molecule has 8 heteroatoms. The van der Waals surface area contributed by atoms with Gasteiger partial charge in [-0.1, -0.05) is 12.6 Å². The molecule has 0 amide bonds. The molecule has 1 rings (SSSR count). The van der Waals surface area contributed by atoms with Gasteiger partial charge in [-0.2, -0.15) is 13.2 Å². The summed E-state index contributed by atoms with van der Waals surface area (Å²) in [6.07, 6.45) is -3.40. The van der Waals surface area contributed by atoms with E-state index >= 15 is 0 Å². The van der Waals surface area contributed by atoms with Gasteiger partial charge in [-0.05, 0) is 18.2 Å². The number of aromatic hydroxyl groups is 1. The molecule has 0 bridgehead atoms. The summed E-state index contributed by atoms with van der Waals surface area (Å²) in [6, 6.07) is 3.92. The normalized spacial score (nSPS) is 10.5. The van der Waals surface area contributed by atoms with Crippen molar-refractivity contribution in [1.29, 1.82) is 0 Å². The van der Waals surface area contributed by atoms with Crippen LogP contribution >= 0.6 is 8.60 Å². The molecule has 0 aliphatic carbocycles. The molecule has 17 heavy (non-hydrogen) atoms. The number of benzene rings is 1. The fourth-order valence-corrected chi connectivity index (χ4v) is 0.882. The van der Waals surface area contributed by atoms with E-state index in [1.165, 1.54) is 6.07 Å². The zero-order valence-electron chi connectivity index (χ0n) is 8.42. The van der Waals surface area contributed by atoms with E-state index in [0.29, 0.717) is 6.07 Å². The molecular weight excluding hydrogens is 260 g/mol.